The zero-order valence-electron chi connectivity index (χ0n) is 14.4. The van der Waals surface area contributed by atoms with Gasteiger partial charge in [-0.3, -0.25) is 9.78 Å². The first-order chi connectivity index (χ1) is 12.6. The molecule has 0 radical (unpaired) electrons. The Hall–Kier alpha value is -2.02. The second-order valence-corrected chi connectivity index (χ2v) is 6.55. The van der Waals surface area contributed by atoms with Gasteiger partial charge in [-0.25, -0.2) is 4.39 Å². The van der Waals surface area contributed by atoms with E-state index in [4.69, 9.17) is 21.1 Å². The zero-order valence-corrected chi connectivity index (χ0v) is 15.1. The molecular formula is C19H20ClFN2O3. The Balaban J connectivity index is 1.68. The summed E-state index contributed by atoms with van der Waals surface area (Å²) in [5.41, 5.74) is 1.29. The molecule has 1 aromatic carbocycles. The van der Waals surface area contributed by atoms with Crippen LogP contribution < -0.4 is 5.32 Å². The van der Waals surface area contributed by atoms with E-state index in [0.29, 0.717) is 31.8 Å². The summed E-state index contributed by atoms with van der Waals surface area (Å²) in [6, 6.07) is 7.98. The summed E-state index contributed by atoms with van der Waals surface area (Å²) < 4.78 is 25.5. The zero-order chi connectivity index (χ0) is 18.5. The number of rotatable bonds is 5. The van der Waals surface area contributed by atoms with Crippen molar-refractivity contribution in [2.45, 2.75) is 32.1 Å². The lowest BCUT2D eigenvalue weighted by atomic mass is 10.0. The Kier molecular flexibility index (Phi) is 6.19. The van der Waals surface area contributed by atoms with E-state index in [-0.39, 0.29) is 16.7 Å². The molecule has 1 aliphatic heterocycles. The highest BCUT2D eigenvalue weighted by Crippen LogP contribution is 2.24. The van der Waals surface area contributed by atoms with Gasteiger partial charge in [0.05, 0.1) is 41.6 Å². The van der Waals surface area contributed by atoms with E-state index >= 15 is 0 Å². The topological polar surface area (TPSA) is 60.5 Å². The molecule has 0 aliphatic carbocycles. The Labute approximate surface area is 156 Å². The molecule has 1 fully saturated rings. The lowest BCUT2D eigenvalue weighted by Gasteiger charge is -2.32. The fourth-order valence-corrected chi connectivity index (χ4v) is 3.07. The van der Waals surface area contributed by atoms with Crippen LogP contribution in [0.4, 0.5) is 4.39 Å². The van der Waals surface area contributed by atoms with Gasteiger partial charge in [-0.1, -0.05) is 23.7 Å². The number of halogens is 2. The number of carbonyl (C=O) groups excluding carboxylic acids is 1. The van der Waals surface area contributed by atoms with E-state index in [1.54, 1.807) is 13.1 Å². The van der Waals surface area contributed by atoms with Crippen molar-refractivity contribution in [2.24, 2.45) is 0 Å². The number of amides is 1. The van der Waals surface area contributed by atoms with Crippen LogP contribution >= 0.6 is 11.6 Å². The van der Waals surface area contributed by atoms with Crippen LogP contribution in [0.1, 0.15) is 28.0 Å². The molecule has 1 aromatic heterocycles. The maximum absolute atomic E-state index is 14.1. The minimum atomic E-state index is -0.652. The minimum Gasteiger partial charge on any atom is -0.379 e. The predicted octanol–water partition coefficient (Wildman–Crippen LogP) is 3.29. The second kappa shape index (κ2) is 8.58. The summed E-state index contributed by atoms with van der Waals surface area (Å²) >= 11 is 6.12. The van der Waals surface area contributed by atoms with Crippen LogP contribution in [-0.2, 0) is 16.1 Å². The number of benzene rings is 1. The van der Waals surface area contributed by atoms with Crippen molar-refractivity contribution in [1.82, 2.24) is 10.3 Å². The van der Waals surface area contributed by atoms with Crippen LogP contribution in [0.3, 0.4) is 0 Å². The lowest BCUT2D eigenvalue weighted by molar-refractivity contribution is -0.0613. The molecule has 1 amide bonds. The molecule has 2 atom stereocenters. The molecule has 0 spiro atoms. The van der Waals surface area contributed by atoms with Crippen molar-refractivity contribution >= 4 is 17.5 Å². The van der Waals surface area contributed by atoms with E-state index < -0.39 is 17.8 Å². The van der Waals surface area contributed by atoms with Crippen molar-refractivity contribution in [2.75, 3.05) is 13.2 Å². The van der Waals surface area contributed by atoms with Crippen molar-refractivity contribution < 1.29 is 18.7 Å². The summed E-state index contributed by atoms with van der Waals surface area (Å²) in [6.45, 7) is 2.89. The van der Waals surface area contributed by atoms with Crippen molar-refractivity contribution in [3.63, 3.8) is 0 Å². The van der Waals surface area contributed by atoms with Gasteiger partial charge >= 0.3 is 0 Å². The molecule has 0 unspecified atom stereocenters. The van der Waals surface area contributed by atoms with Crippen LogP contribution in [0.15, 0.2) is 36.5 Å². The first-order valence-electron chi connectivity index (χ1n) is 8.41. The molecule has 3 rings (SSSR count). The summed E-state index contributed by atoms with van der Waals surface area (Å²) in [5.74, 6) is -1.22. The second-order valence-electron chi connectivity index (χ2n) is 6.17. The number of pyridine rings is 1. The minimum absolute atomic E-state index is 0.116. The van der Waals surface area contributed by atoms with Crippen molar-refractivity contribution in [3.05, 3.63) is 64.2 Å². The summed E-state index contributed by atoms with van der Waals surface area (Å²) in [6.07, 6.45) is 2.08. The first-order valence-corrected chi connectivity index (χ1v) is 8.79. The van der Waals surface area contributed by atoms with E-state index in [2.05, 4.69) is 10.3 Å². The monoisotopic (exact) mass is 378 g/mol. The van der Waals surface area contributed by atoms with Crippen LogP contribution in [0, 0.1) is 12.7 Å². The molecule has 5 nitrogen and oxygen atoms in total. The highest BCUT2D eigenvalue weighted by Gasteiger charge is 2.30. The highest BCUT2D eigenvalue weighted by atomic mass is 35.5. The maximum Gasteiger partial charge on any atom is 0.256 e. The largest absolute Gasteiger partial charge is 0.379 e. The van der Waals surface area contributed by atoms with Crippen LogP contribution in [0.25, 0.3) is 0 Å². The van der Waals surface area contributed by atoms with Gasteiger partial charge in [0.25, 0.3) is 5.91 Å². The molecule has 26 heavy (non-hydrogen) atoms. The number of hydrogen-bond donors (Lipinski definition) is 1. The molecule has 2 heterocycles. The molecule has 138 valence electrons. The fourth-order valence-electron chi connectivity index (χ4n) is 2.83. The number of carbonyl (C=O) groups is 1. The van der Waals surface area contributed by atoms with Gasteiger partial charge in [0.15, 0.2) is 0 Å². The number of nitrogens with zero attached hydrogens (tertiary/aromatic N) is 1. The summed E-state index contributed by atoms with van der Waals surface area (Å²) in [7, 11) is 0. The summed E-state index contributed by atoms with van der Waals surface area (Å²) in [4.78, 5) is 16.8. The van der Waals surface area contributed by atoms with E-state index in [0.717, 1.165) is 5.69 Å². The van der Waals surface area contributed by atoms with Gasteiger partial charge in [-0.2, -0.15) is 0 Å². The predicted molar refractivity (Wildman–Crippen MR) is 95.7 cm³/mol. The molecule has 1 saturated heterocycles. The third kappa shape index (κ3) is 4.38. The molecule has 0 bridgehead atoms. The highest BCUT2D eigenvalue weighted by molar-refractivity contribution is 6.34. The number of nitrogens with one attached hydrogen (secondary N) is 1. The third-order valence-electron chi connectivity index (χ3n) is 4.29. The number of hydrogen-bond acceptors (Lipinski definition) is 4. The molecule has 1 aliphatic rings. The molecule has 0 saturated carbocycles. The van der Waals surface area contributed by atoms with Crippen molar-refractivity contribution in [3.8, 4) is 0 Å². The van der Waals surface area contributed by atoms with E-state index in [9.17, 15) is 9.18 Å². The number of aromatic nitrogens is 1. The Morgan fingerprint density at radius 2 is 2.27 bits per heavy atom. The van der Waals surface area contributed by atoms with Crippen LogP contribution in [0.5, 0.6) is 0 Å². The average Bonchev–Trinajstić information content (AvgIpc) is 2.65. The van der Waals surface area contributed by atoms with E-state index in [1.807, 2.05) is 18.2 Å². The Bertz CT molecular complexity index is 773. The van der Waals surface area contributed by atoms with Crippen molar-refractivity contribution in [1.29, 1.82) is 0 Å². The Morgan fingerprint density at radius 3 is 3.04 bits per heavy atom. The molecule has 2 aromatic rings. The Morgan fingerprint density at radius 1 is 1.42 bits per heavy atom. The van der Waals surface area contributed by atoms with Gasteiger partial charge in [-0.15, -0.1) is 0 Å². The maximum atomic E-state index is 14.1. The molecule has 1 N–H and O–H groups in total. The molecule has 7 heteroatoms. The quantitative estimate of drug-likeness (QED) is 0.867. The van der Waals surface area contributed by atoms with E-state index in [1.165, 1.54) is 12.1 Å². The molecular weight excluding hydrogens is 359 g/mol. The third-order valence-corrected chi connectivity index (χ3v) is 4.78. The van der Waals surface area contributed by atoms with Gasteiger partial charge in [0, 0.05) is 12.8 Å². The lowest BCUT2D eigenvalue weighted by Crippen LogP contribution is -2.50. The fraction of sp³-hybridized carbons (Fsp3) is 0.368. The van der Waals surface area contributed by atoms with Gasteiger partial charge in [0.2, 0.25) is 0 Å². The van der Waals surface area contributed by atoms with Crippen LogP contribution in [0.2, 0.25) is 5.02 Å². The van der Waals surface area contributed by atoms with Crippen LogP contribution in [-0.4, -0.2) is 36.3 Å². The van der Waals surface area contributed by atoms with Gasteiger partial charge in [-0.05, 0) is 37.1 Å². The average molecular weight is 379 g/mol. The SMILES string of the molecule is Cc1ccc(F)c(C(=O)N[C@@H]2COCC[C@H]2OCc2ccccn2)c1Cl. The normalized spacial score (nSPS) is 20.0. The standard InChI is InChI=1S/C19H20ClFN2O3/c1-12-5-6-14(21)17(18(12)20)19(24)23-15-11-25-9-7-16(15)26-10-13-4-2-3-8-22-13/h2-6,8,15-16H,7,9-11H2,1H3,(H,23,24)/t15-,16-/m1/s1. The number of aryl methyl sites for hydroxylation is 1. The summed E-state index contributed by atoms with van der Waals surface area (Å²) in [5, 5.41) is 2.91. The van der Waals surface area contributed by atoms with Gasteiger partial charge in [0.1, 0.15) is 5.82 Å². The van der Waals surface area contributed by atoms with Gasteiger partial charge < -0.3 is 14.8 Å². The first kappa shape index (κ1) is 18.8. The number of ether oxygens (including phenoxy) is 2. The smallest absolute Gasteiger partial charge is 0.256 e.